The van der Waals surface area contributed by atoms with E-state index < -0.39 is 0 Å². The summed E-state index contributed by atoms with van der Waals surface area (Å²) in [6, 6.07) is 0. The second-order valence-corrected chi connectivity index (χ2v) is 3.40. The first-order valence-electron chi connectivity index (χ1n) is 4.54. The Kier molecular flexibility index (Phi) is 3.64. The second-order valence-electron chi connectivity index (χ2n) is 3.40. The molecule has 0 aliphatic carbocycles. The van der Waals surface area contributed by atoms with Crippen LogP contribution in [0.4, 0.5) is 0 Å². The molecule has 14 heavy (non-hydrogen) atoms. The molecular weight excluding hydrogens is 182 g/mol. The smallest absolute Gasteiger partial charge is 0.273 e. The second kappa shape index (κ2) is 4.76. The number of amides is 1. The number of nitrogens with zero attached hydrogens (tertiary/aromatic N) is 1. The van der Waals surface area contributed by atoms with Crippen LogP contribution in [0.5, 0.6) is 0 Å². The summed E-state index contributed by atoms with van der Waals surface area (Å²) in [6.07, 6.45) is 1.45. The summed E-state index contributed by atoms with van der Waals surface area (Å²) >= 11 is 0. The van der Waals surface area contributed by atoms with Crippen molar-refractivity contribution in [2.75, 3.05) is 13.1 Å². The van der Waals surface area contributed by atoms with Gasteiger partial charge in [-0.25, -0.2) is 0 Å². The Morgan fingerprint density at radius 2 is 2.50 bits per heavy atom. The third-order valence-electron chi connectivity index (χ3n) is 1.98. The van der Waals surface area contributed by atoms with Crippen molar-refractivity contribution in [2.24, 2.45) is 11.7 Å². The maximum Gasteiger partial charge on any atom is 0.273 e. The lowest BCUT2D eigenvalue weighted by atomic mass is 10.2. The van der Waals surface area contributed by atoms with E-state index in [9.17, 15) is 4.79 Å². The van der Waals surface area contributed by atoms with Crippen LogP contribution in [-0.2, 0) is 0 Å². The van der Waals surface area contributed by atoms with Crippen molar-refractivity contribution in [1.29, 1.82) is 0 Å². The van der Waals surface area contributed by atoms with Gasteiger partial charge in [0.1, 0.15) is 6.26 Å². The van der Waals surface area contributed by atoms with E-state index in [1.54, 1.807) is 6.92 Å². The first kappa shape index (κ1) is 10.7. The molecule has 3 N–H and O–H groups in total. The van der Waals surface area contributed by atoms with Crippen molar-refractivity contribution < 1.29 is 9.32 Å². The Morgan fingerprint density at radius 1 is 1.79 bits per heavy atom. The van der Waals surface area contributed by atoms with Crippen molar-refractivity contribution >= 4 is 5.91 Å². The zero-order valence-corrected chi connectivity index (χ0v) is 8.41. The third kappa shape index (κ3) is 2.56. The fourth-order valence-corrected chi connectivity index (χ4v) is 0.940. The standard InChI is InChI=1S/C9H15N3O2/c1-6(3-10)4-11-9(13)8-7(2)5-14-12-8/h5-6H,3-4,10H2,1-2H3,(H,11,13). The van der Waals surface area contributed by atoms with Crippen LogP contribution in [0.15, 0.2) is 10.8 Å². The molecule has 0 aromatic carbocycles. The van der Waals surface area contributed by atoms with Crippen LogP contribution >= 0.6 is 0 Å². The Balaban J connectivity index is 2.47. The zero-order chi connectivity index (χ0) is 10.6. The van der Waals surface area contributed by atoms with Crippen molar-refractivity contribution in [2.45, 2.75) is 13.8 Å². The molecule has 1 amide bonds. The molecule has 1 aromatic rings. The van der Waals surface area contributed by atoms with Crippen LogP contribution in [0.25, 0.3) is 0 Å². The van der Waals surface area contributed by atoms with Crippen molar-refractivity contribution in [3.05, 3.63) is 17.5 Å². The van der Waals surface area contributed by atoms with Crippen LogP contribution in [0.2, 0.25) is 0 Å². The van der Waals surface area contributed by atoms with E-state index in [1.165, 1.54) is 6.26 Å². The normalized spacial score (nSPS) is 12.5. The highest BCUT2D eigenvalue weighted by molar-refractivity contribution is 5.93. The number of hydrogen-bond donors (Lipinski definition) is 2. The van der Waals surface area contributed by atoms with Crippen LogP contribution in [0, 0.1) is 12.8 Å². The SMILES string of the molecule is Cc1conc1C(=O)NCC(C)CN. The number of rotatable bonds is 4. The number of nitrogens with one attached hydrogen (secondary N) is 1. The van der Waals surface area contributed by atoms with Crippen LogP contribution in [-0.4, -0.2) is 24.2 Å². The predicted molar refractivity (Wildman–Crippen MR) is 51.8 cm³/mol. The minimum atomic E-state index is -0.212. The highest BCUT2D eigenvalue weighted by Gasteiger charge is 2.13. The van der Waals surface area contributed by atoms with Gasteiger partial charge in [0.25, 0.3) is 5.91 Å². The maximum absolute atomic E-state index is 11.5. The Bertz CT molecular complexity index is 309. The monoisotopic (exact) mass is 197 g/mol. The number of nitrogens with two attached hydrogens (primary N) is 1. The van der Waals surface area contributed by atoms with E-state index in [0.29, 0.717) is 18.8 Å². The van der Waals surface area contributed by atoms with Gasteiger partial charge in [-0.3, -0.25) is 4.79 Å². The van der Waals surface area contributed by atoms with E-state index in [1.807, 2.05) is 6.92 Å². The topological polar surface area (TPSA) is 81.2 Å². The van der Waals surface area contributed by atoms with Crippen molar-refractivity contribution in [1.82, 2.24) is 10.5 Å². The summed E-state index contributed by atoms with van der Waals surface area (Å²) in [4.78, 5) is 11.5. The molecule has 0 aliphatic rings. The fourth-order valence-electron chi connectivity index (χ4n) is 0.940. The highest BCUT2D eigenvalue weighted by atomic mass is 16.5. The first-order valence-corrected chi connectivity index (χ1v) is 4.54. The van der Waals surface area contributed by atoms with E-state index in [0.717, 1.165) is 5.56 Å². The number of carbonyl (C=O) groups is 1. The van der Waals surface area contributed by atoms with E-state index in [-0.39, 0.29) is 11.8 Å². The number of aryl methyl sites for hydroxylation is 1. The lowest BCUT2D eigenvalue weighted by Crippen LogP contribution is -2.31. The lowest BCUT2D eigenvalue weighted by molar-refractivity contribution is 0.0939. The van der Waals surface area contributed by atoms with Gasteiger partial charge in [0.05, 0.1) is 0 Å². The average molecular weight is 197 g/mol. The highest BCUT2D eigenvalue weighted by Crippen LogP contribution is 2.03. The molecule has 0 saturated heterocycles. The van der Waals surface area contributed by atoms with Gasteiger partial charge in [0.15, 0.2) is 5.69 Å². The summed E-state index contributed by atoms with van der Waals surface area (Å²) in [5, 5.41) is 6.34. The van der Waals surface area contributed by atoms with E-state index in [4.69, 9.17) is 5.73 Å². The van der Waals surface area contributed by atoms with Gasteiger partial charge in [-0.2, -0.15) is 0 Å². The molecule has 0 fully saturated rings. The lowest BCUT2D eigenvalue weighted by Gasteiger charge is -2.08. The summed E-state index contributed by atoms with van der Waals surface area (Å²) in [5.74, 6) is 0.0581. The Morgan fingerprint density at radius 3 is 3.00 bits per heavy atom. The minimum Gasteiger partial charge on any atom is -0.364 e. The Labute approximate surface area is 82.6 Å². The number of aromatic nitrogens is 1. The van der Waals surface area contributed by atoms with Gasteiger partial charge in [0, 0.05) is 12.1 Å². The summed E-state index contributed by atoms with van der Waals surface area (Å²) in [7, 11) is 0. The van der Waals surface area contributed by atoms with Gasteiger partial charge < -0.3 is 15.6 Å². The van der Waals surface area contributed by atoms with Crippen LogP contribution < -0.4 is 11.1 Å². The molecule has 5 heteroatoms. The van der Waals surface area contributed by atoms with Gasteiger partial charge in [0.2, 0.25) is 0 Å². The zero-order valence-electron chi connectivity index (χ0n) is 8.41. The molecule has 1 heterocycles. The number of hydrogen-bond acceptors (Lipinski definition) is 4. The molecule has 78 valence electrons. The van der Waals surface area contributed by atoms with Crippen molar-refractivity contribution in [3.8, 4) is 0 Å². The van der Waals surface area contributed by atoms with Gasteiger partial charge >= 0.3 is 0 Å². The van der Waals surface area contributed by atoms with Crippen LogP contribution in [0.3, 0.4) is 0 Å². The molecule has 0 saturated carbocycles. The molecule has 1 unspecified atom stereocenters. The Hall–Kier alpha value is -1.36. The van der Waals surface area contributed by atoms with Crippen molar-refractivity contribution in [3.63, 3.8) is 0 Å². The predicted octanol–water partition coefficient (Wildman–Crippen LogP) is 0.308. The fraction of sp³-hybridized carbons (Fsp3) is 0.556. The molecule has 1 aromatic heterocycles. The molecule has 0 bridgehead atoms. The summed E-state index contributed by atoms with van der Waals surface area (Å²) in [5.41, 5.74) is 6.50. The largest absolute Gasteiger partial charge is 0.364 e. The summed E-state index contributed by atoms with van der Waals surface area (Å²) in [6.45, 7) is 4.85. The van der Waals surface area contributed by atoms with Crippen LogP contribution in [0.1, 0.15) is 23.0 Å². The molecule has 1 atom stereocenters. The minimum absolute atomic E-state index is 0.212. The quantitative estimate of drug-likeness (QED) is 0.727. The van der Waals surface area contributed by atoms with E-state index in [2.05, 4.69) is 15.0 Å². The van der Waals surface area contributed by atoms with Gasteiger partial charge in [-0.05, 0) is 19.4 Å². The molecule has 0 radical (unpaired) electrons. The number of carbonyl (C=O) groups excluding carboxylic acids is 1. The molecule has 0 spiro atoms. The van der Waals surface area contributed by atoms with Gasteiger partial charge in [-0.1, -0.05) is 12.1 Å². The molecule has 5 nitrogen and oxygen atoms in total. The molecular formula is C9H15N3O2. The summed E-state index contributed by atoms with van der Waals surface area (Å²) < 4.78 is 4.66. The maximum atomic E-state index is 11.5. The molecule has 0 aliphatic heterocycles. The molecule has 1 rings (SSSR count). The van der Waals surface area contributed by atoms with E-state index >= 15 is 0 Å². The third-order valence-corrected chi connectivity index (χ3v) is 1.98. The first-order chi connectivity index (χ1) is 6.65. The average Bonchev–Trinajstić information content (AvgIpc) is 2.60. The van der Waals surface area contributed by atoms with Gasteiger partial charge in [-0.15, -0.1) is 0 Å².